The standard InChI is InChI=1S/C14H28N2O2S/c1-13(2,3)16(14(4,5)6)12(18)8-10-19-9-7-11(15)17/h7-10H2,1-6H3,(H2,15,17). The van der Waals surface area contributed by atoms with E-state index in [1.54, 1.807) is 11.8 Å². The lowest BCUT2D eigenvalue weighted by Crippen LogP contribution is -2.55. The van der Waals surface area contributed by atoms with E-state index in [-0.39, 0.29) is 22.9 Å². The van der Waals surface area contributed by atoms with E-state index < -0.39 is 0 Å². The van der Waals surface area contributed by atoms with Gasteiger partial charge in [0, 0.05) is 35.4 Å². The molecule has 0 aromatic rings. The Balaban J connectivity index is 4.33. The second kappa shape index (κ2) is 7.17. The summed E-state index contributed by atoms with van der Waals surface area (Å²) >= 11 is 1.60. The molecule has 0 saturated carbocycles. The predicted octanol–water partition coefficient (Wildman–Crippen LogP) is 2.41. The van der Waals surface area contributed by atoms with E-state index >= 15 is 0 Å². The maximum atomic E-state index is 12.4. The molecule has 2 amide bonds. The van der Waals surface area contributed by atoms with E-state index in [4.69, 9.17) is 5.73 Å². The van der Waals surface area contributed by atoms with Crippen molar-refractivity contribution in [2.45, 2.75) is 65.5 Å². The quantitative estimate of drug-likeness (QED) is 0.763. The van der Waals surface area contributed by atoms with Gasteiger partial charge in [0.15, 0.2) is 0 Å². The Hall–Kier alpha value is -0.710. The van der Waals surface area contributed by atoms with E-state index in [1.807, 2.05) is 4.90 Å². The topological polar surface area (TPSA) is 63.4 Å². The summed E-state index contributed by atoms with van der Waals surface area (Å²) in [6.45, 7) is 12.3. The van der Waals surface area contributed by atoms with Crippen LogP contribution < -0.4 is 5.73 Å². The van der Waals surface area contributed by atoms with Gasteiger partial charge in [0.05, 0.1) is 0 Å². The Morgan fingerprint density at radius 3 is 1.74 bits per heavy atom. The molecule has 0 saturated heterocycles. The van der Waals surface area contributed by atoms with E-state index in [9.17, 15) is 9.59 Å². The molecule has 0 aliphatic heterocycles. The monoisotopic (exact) mass is 288 g/mol. The smallest absolute Gasteiger partial charge is 0.224 e. The first-order valence-electron chi connectivity index (χ1n) is 6.65. The Morgan fingerprint density at radius 2 is 1.37 bits per heavy atom. The van der Waals surface area contributed by atoms with Crippen LogP contribution in [0.4, 0.5) is 0 Å². The summed E-state index contributed by atoms with van der Waals surface area (Å²) in [5.41, 5.74) is 4.69. The summed E-state index contributed by atoms with van der Waals surface area (Å²) in [6, 6.07) is 0. The SMILES string of the molecule is CC(C)(C)N(C(=O)CCSCCC(N)=O)C(C)(C)C. The van der Waals surface area contributed by atoms with Gasteiger partial charge in [-0.2, -0.15) is 11.8 Å². The highest BCUT2D eigenvalue weighted by atomic mass is 32.2. The molecule has 5 heteroatoms. The van der Waals surface area contributed by atoms with Gasteiger partial charge in [-0.1, -0.05) is 0 Å². The number of nitrogens with two attached hydrogens (primary N) is 1. The van der Waals surface area contributed by atoms with Crippen LogP contribution in [0.3, 0.4) is 0 Å². The van der Waals surface area contributed by atoms with E-state index in [0.717, 1.165) is 5.75 Å². The van der Waals surface area contributed by atoms with Crippen LogP contribution in [0.1, 0.15) is 54.4 Å². The second-order valence-corrected chi connectivity index (χ2v) is 7.87. The number of hydrogen-bond donors (Lipinski definition) is 1. The summed E-state index contributed by atoms with van der Waals surface area (Å²) in [4.78, 5) is 24.9. The van der Waals surface area contributed by atoms with Gasteiger partial charge >= 0.3 is 0 Å². The Bertz CT molecular complexity index is 302. The predicted molar refractivity (Wildman–Crippen MR) is 82.1 cm³/mol. The molecule has 0 heterocycles. The van der Waals surface area contributed by atoms with E-state index in [2.05, 4.69) is 41.5 Å². The Labute approximate surface area is 121 Å². The van der Waals surface area contributed by atoms with Gasteiger partial charge in [0.25, 0.3) is 0 Å². The molecule has 0 unspecified atom stereocenters. The molecule has 0 rings (SSSR count). The molecular weight excluding hydrogens is 260 g/mol. The fourth-order valence-corrected chi connectivity index (χ4v) is 3.17. The van der Waals surface area contributed by atoms with E-state index in [0.29, 0.717) is 18.6 Å². The molecule has 2 N–H and O–H groups in total. The zero-order valence-corrected chi connectivity index (χ0v) is 13.9. The third-order valence-corrected chi connectivity index (χ3v) is 3.53. The van der Waals surface area contributed by atoms with Crippen molar-refractivity contribution in [1.82, 2.24) is 4.90 Å². The molecule has 0 spiro atoms. The third-order valence-electron chi connectivity index (χ3n) is 2.54. The summed E-state index contributed by atoms with van der Waals surface area (Å²) < 4.78 is 0. The van der Waals surface area contributed by atoms with Crippen molar-refractivity contribution in [3.05, 3.63) is 0 Å². The number of amides is 2. The molecule has 4 nitrogen and oxygen atoms in total. The maximum absolute atomic E-state index is 12.4. The molecule has 0 radical (unpaired) electrons. The first kappa shape index (κ1) is 18.3. The third kappa shape index (κ3) is 7.45. The van der Waals surface area contributed by atoms with Crippen molar-refractivity contribution in [3.63, 3.8) is 0 Å². The van der Waals surface area contributed by atoms with Crippen LogP contribution >= 0.6 is 11.8 Å². The molecule has 0 aromatic carbocycles. The summed E-state index contributed by atoms with van der Waals surface area (Å²) in [5, 5.41) is 0. The molecule has 112 valence electrons. The highest BCUT2D eigenvalue weighted by Gasteiger charge is 2.34. The van der Waals surface area contributed by atoms with Crippen LogP contribution in [0.25, 0.3) is 0 Å². The van der Waals surface area contributed by atoms with Gasteiger partial charge in [0.1, 0.15) is 0 Å². The zero-order chi connectivity index (χ0) is 15.3. The number of carbonyl (C=O) groups excluding carboxylic acids is 2. The molecule has 0 bridgehead atoms. The number of rotatable bonds is 6. The average Bonchev–Trinajstić information content (AvgIpc) is 2.11. The molecule has 0 aromatic heterocycles. The molecule has 0 aliphatic rings. The number of carbonyl (C=O) groups is 2. The lowest BCUT2D eigenvalue weighted by Gasteiger charge is -2.45. The van der Waals surface area contributed by atoms with Crippen molar-refractivity contribution in [1.29, 1.82) is 0 Å². The highest BCUT2D eigenvalue weighted by Crippen LogP contribution is 2.26. The van der Waals surface area contributed by atoms with Crippen LogP contribution in [-0.2, 0) is 9.59 Å². The van der Waals surface area contributed by atoms with Gasteiger partial charge in [-0.25, -0.2) is 0 Å². The Morgan fingerprint density at radius 1 is 0.947 bits per heavy atom. The number of hydrogen-bond acceptors (Lipinski definition) is 3. The van der Waals surface area contributed by atoms with Crippen LogP contribution in [0, 0.1) is 0 Å². The van der Waals surface area contributed by atoms with Gasteiger partial charge in [-0.15, -0.1) is 0 Å². The second-order valence-electron chi connectivity index (χ2n) is 6.65. The van der Waals surface area contributed by atoms with Crippen molar-refractivity contribution >= 4 is 23.6 Å². The number of thioether (sulfide) groups is 1. The van der Waals surface area contributed by atoms with Gasteiger partial charge < -0.3 is 10.6 Å². The summed E-state index contributed by atoms with van der Waals surface area (Å²) in [5.74, 6) is 1.29. The van der Waals surface area contributed by atoms with Crippen molar-refractivity contribution in [2.24, 2.45) is 5.73 Å². The molecule has 19 heavy (non-hydrogen) atoms. The van der Waals surface area contributed by atoms with Crippen molar-refractivity contribution < 1.29 is 9.59 Å². The first-order chi connectivity index (χ1) is 8.46. The lowest BCUT2D eigenvalue weighted by molar-refractivity contribution is -0.142. The molecule has 0 atom stereocenters. The molecular formula is C14H28N2O2S. The largest absolute Gasteiger partial charge is 0.370 e. The maximum Gasteiger partial charge on any atom is 0.224 e. The first-order valence-corrected chi connectivity index (χ1v) is 7.81. The highest BCUT2D eigenvalue weighted by molar-refractivity contribution is 7.99. The van der Waals surface area contributed by atoms with Crippen molar-refractivity contribution in [3.8, 4) is 0 Å². The average molecular weight is 288 g/mol. The van der Waals surface area contributed by atoms with Crippen LogP contribution in [-0.4, -0.2) is 39.3 Å². The van der Waals surface area contributed by atoms with Crippen molar-refractivity contribution in [2.75, 3.05) is 11.5 Å². The minimum Gasteiger partial charge on any atom is -0.370 e. The van der Waals surface area contributed by atoms with Gasteiger partial charge in [-0.3, -0.25) is 9.59 Å². The summed E-state index contributed by atoms with van der Waals surface area (Å²) in [6.07, 6.45) is 0.874. The minimum absolute atomic E-state index is 0.159. The van der Waals surface area contributed by atoms with E-state index in [1.165, 1.54) is 0 Å². The fraction of sp³-hybridized carbons (Fsp3) is 0.857. The van der Waals surface area contributed by atoms with Crippen LogP contribution in [0.5, 0.6) is 0 Å². The molecule has 0 fully saturated rings. The zero-order valence-electron chi connectivity index (χ0n) is 13.1. The lowest BCUT2D eigenvalue weighted by atomic mass is 9.95. The number of primary amides is 1. The molecule has 0 aliphatic carbocycles. The van der Waals surface area contributed by atoms with Gasteiger partial charge in [0.2, 0.25) is 11.8 Å². The van der Waals surface area contributed by atoms with Gasteiger partial charge in [-0.05, 0) is 41.5 Å². The minimum atomic E-state index is -0.287. The van der Waals surface area contributed by atoms with Crippen LogP contribution in [0.2, 0.25) is 0 Å². The number of nitrogens with zero attached hydrogens (tertiary/aromatic N) is 1. The summed E-state index contributed by atoms with van der Waals surface area (Å²) in [7, 11) is 0. The Kier molecular flexibility index (Phi) is 6.91. The van der Waals surface area contributed by atoms with Crippen LogP contribution in [0.15, 0.2) is 0 Å². The normalized spacial score (nSPS) is 12.3. The fourth-order valence-electron chi connectivity index (χ4n) is 2.30.